The third-order valence-corrected chi connectivity index (χ3v) is 2.47. The molecule has 1 fully saturated rings. The molecule has 0 unspecified atom stereocenters. The average Bonchev–Trinajstić information content (AvgIpc) is 2.86. The molecule has 0 aromatic rings. The quantitative estimate of drug-likeness (QED) is 0.588. The minimum atomic E-state index is 0.852. The molecule has 2 nitrogen and oxygen atoms in total. The maximum absolute atomic E-state index is 5.46. The van der Waals surface area contributed by atoms with Gasteiger partial charge in [0.2, 0.25) is 0 Å². The molecule has 0 saturated heterocycles. The van der Waals surface area contributed by atoms with Crippen LogP contribution in [0, 0.1) is 0 Å². The number of unbranched alkanes of at least 4 members (excludes halogenated alkanes) is 1. The Kier molecular flexibility index (Phi) is 4.62. The summed E-state index contributed by atoms with van der Waals surface area (Å²) < 4.78 is 0. The predicted molar refractivity (Wildman–Crippen MR) is 53.2 cm³/mol. The molecule has 2 heteroatoms. The van der Waals surface area contributed by atoms with Crippen LogP contribution in [0.25, 0.3) is 0 Å². The molecule has 0 atom stereocenters. The molecule has 2 N–H and O–H groups in total. The van der Waals surface area contributed by atoms with E-state index in [1.807, 2.05) is 0 Å². The second kappa shape index (κ2) is 5.55. The van der Waals surface area contributed by atoms with Crippen molar-refractivity contribution in [1.29, 1.82) is 0 Å². The third-order valence-electron chi connectivity index (χ3n) is 2.47. The molecule has 1 aliphatic rings. The van der Waals surface area contributed by atoms with E-state index in [1.165, 1.54) is 45.2 Å². The molecule has 0 heterocycles. The average molecular weight is 170 g/mol. The van der Waals surface area contributed by atoms with Gasteiger partial charge in [0, 0.05) is 6.04 Å². The lowest BCUT2D eigenvalue weighted by Gasteiger charge is -2.20. The summed E-state index contributed by atoms with van der Waals surface area (Å²) in [6, 6.07) is 0.933. The molecule has 0 aromatic carbocycles. The zero-order valence-electron chi connectivity index (χ0n) is 8.26. The summed E-state index contributed by atoms with van der Waals surface area (Å²) in [6.45, 7) is 5.67. The van der Waals surface area contributed by atoms with Crippen molar-refractivity contribution in [1.82, 2.24) is 4.90 Å². The third kappa shape index (κ3) is 3.55. The minimum absolute atomic E-state index is 0.852. The predicted octanol–water partition coefficient (Wildman–Crippen LogP) is 1.60. The van der Waals surface area contributed by atoms with E-state index in [9.17, 15) is 0 Å². The summed E-state index contributed by atoms with van der Waals surface area (Å²) in [7, 11) is 0. The van der Waals surface area contributed by atoms with E-state index < -0.39 is 0 Å². The first-order valence-corrected chi connectivity index (χ1v) is 5.32. The molecule has 0 aromatic heterocycles. The monoisotopic (exact) mass is 170 g/mol. The van der Waals surface area contributed by atoms with Gasteiger partial charge in [-0.3, -0.25) is 0 Å². The summed E-state index contributed by atoms with van der Waals surface area (Å²) in [5.41, 5.74) is 5.46. The van der Waals surface area contributed by atoms with Gasteiger partial charge in [-0.25, -0.2) is 0 Å². The molecular weight excluding hydrogens is 148 g/mol. The topological polar surface area (TPSA) is 29.3 Å². The Hall–Kier alpha value is -0.0800. The molecule has 0 spiro atoms. The van der Waals surface area contributed by atoms with Crippen LogP contribution in [0.15, 0.2) is 0 Å². The number of hydrogen-bond acceptors (Lipinski definition) is 2. The second-order valence-corrected chi connectivity index (χ2v) is 3.76. The van der Waals surface area contributed by atoms with Gasteiger partial charge in [0.25, 0.3) is 0 Å². The van der Waals surface area contributed by atoms with Gasteiger partial charge in [0.1, 0.15) is 0 Å². The summed E-state index contributed by atoms with van der Waals surface area (Å²) in [5.74, 6) is 0. The highest BCUT2D eigenvalue weighted by Gasteiger charge is 2.27. The van der Waals surface area contributed by atoms with Crippen LogP contribution in [-0.4, -0.2) is 30.6 Å². The van der Waals surface area contributed by atoms with E-state index in [4.69, 9.17) is 5.73 Å². The summed E-state index contributed by atoms with van der Waals surface area (Å²) in [6.07, 6.45) is 6.63. The standard InChI is InChI=1S/C10H22N2/c1-2-8-12(10-5-6-10)9-4-3-7-11/h10H,2-9,11H2,1H3. The van der Waals surface area contributed by atoms with Crippen LogP contribution in [-0.2, 0) is 0 Å². The van der Waals surface area contributed by atoms with E-state index >= 15 is 0 Å². The minimum Gasteiger partial charge on any atom is -0.330 e. The van der Waals surface area contributed by atoms with Gasteiger partial charge < -0.3 is 10.6 Å². The van der Waals surface area contributed by atoms with E-state index in [0.29, 0.717) is 0 Å². The number of nitrogens with zero attached hydrogens (tertiary/aromatic N) is 1. The lowest BCUT2D eigenvalue weighted by molar-refractivity contribution is 0.259. The van der Waals surface area contributed by atoms with Crippen molar-refractivity contribution in [3.8, 4) is 0 Å². The van der Waals surface area contributed by atoms with E-state index in [-0.39, 0.29) is 0 Å². The van der Waals surface area contributed by atoms with Gasteiger partial charge >= 0.3 is 0 Å². The van der Waals surface area contributed by atoms with Gasteiger partial charge in [-0.15, -0.1) is 0 Å². The van der Waals surface area contributed by atoms with Crippen molar-refractivity contribution in [2.24, 2.45) is 5.73 Å². The van der Waals surface area contributed by atoms with E-state index in [1.54, 1.807) is 0 Å². The fraction of sp³-hybridized carbons (Fsp3) is 1.00. The molecule has 1 aliphatic carbocycles. The molecule has 12 heavy (non-hydrogen) atoms. The fourth-order valence-corrected chi connectivity index (χ4v) is 1.66. The first kappa shape index (κ1) is 10.0. The molecule has 0 amide bonds. The largest absolute Gasteiger partial charge is 0.330 e. The van der Waals surface area contributed by atoms with Crippen LogP contribution in [0.1, 0.15) is 39.0 Å². The van der Waals surface area contributed by atoms with Crippen LogP contribution in [0.2, 0.25) is 0 Å². The van der Waals surface area contributed by atoms with Gasteiger partial charge in [-0.05, 0) is 51.7 Å². The lowest BCUT2D eigenvalue weighted by atomic mass is 10.2. The summed E-state index contributed by atoms with van der Waals surface area (Å²) >= 11 is 0. The summed E-state index contributed by atoms with van der Waals surface area (Å²) in [5, 5.41) is 0. The van der Waals surface area contributed by atoms with Crippen LogP contribution in [0.3, 0.4) is 0 Å². The Bertz CT molecular complexity index is 110. The van der Waals surface area contributed by atoms with Crippen molar-refractivity contribution in [3.63, 3.8) is 0 Å². The SMILES string of the molecule is CCCN(CCCCN)C1CC1. The Morgan fingerprint density at radius 3 is 2.50 bits per heavy atom. The normalized spacial score (nSPS) is 17.2. The molecule has 1 rings (SSSR count). The van der Waals surface area contributed by atoms with Crippen molar-refractivity contribution in [3.05, 3.63) is 0 Å². The maximum Gasteiger partial charge on any atom is 0.00964 e. The van der Waals surface area contributed by atoms with E-state index in [0.717, 1.165) is 12.6 Å². The smallest absolute Gasteiger partial charge is 0.00964 e. The van der Waals surface area contributed by atoms with Crippen LogP contribution in [0.4, 0.5) is 0 Å². The molecule has 72 valence electrons. The van der Waals surface area contributed by atoms with Crippen molar-refractivity contribution in [2.75, 3.05) is 19.6 Å². The van der Waals surface area contributed by atoms with Gasteiger partial charge in [0.05, 0.1) is 0 Å². The highest BCUT2D eigenvalue weighted by Crippen LogP contribution is 2.26. The molecule has 0 bridgehead atoms. The number of hydrogen-bond donors (Lipinski definition) is 1. The zero-order chi connectivity index (χ0) is 8.81. The van der Waals surface area contributed by atoms with Gasteiger partial charge in [0.15, 0.2) is 0 Å². The van der Waals surface area contributed by atoms with Crippen molar-refractivity contribution >= 4 is 0 Å². The van der Waals surface area contributed by atoms with Crippen molar-refractivity contribution < 1.29 is 0 Å². The maximum atomic E-state index is 5.46. The molecule has 0 radical (unpaired) electrons. The molecule has 0 aliphatic heterocycles. The first-order chi connectivity index (χ1) is 5.88. The Balaban J connectivity index is 2.05. The van der Waals surface area contributed by atoms with Crippen LogP contribution in [0.5, 0.6) is 0 Å². The number of nitrogens with two attached hydrogens (primary N) is 1. The Labute approximate surface area is 76.1 Å². The van der Waals surface area contributed by atoms with Crippen molar-refractivity contribution in [2.45, 2.75) is 45.1 Å². The lowest BCUT2D eigenvalue weighted by Crippen LogP contribution is -2.28. The van der Waals surface area contributed by atoms with Gasteiger partial charge in [-0.2, -0.15) is 0 Å². The van der Waals surface area contributed by atoms with Crippen LogP contribution < -0.4 is 5.73 Å². The fourth-order valence-electron chi connectivity index (χ4n) is 1.66. The molecular formula is C10H22N2. The van der Waals surface area contributed by atoms with Gasteiger partial charge in [-0.1, -0.05) is 6.92 Å². The molecule has 1 saturated carbocycles. The Morgan fingerprint density at radius 1 is 1.25 bits per heavy atom. The highest BCUT2D eigenvalue weighted by atomic mass is 15.2. The van der Waals surface area contributed by atoms with E-state index in [2.05, 4.69) is 11.8 Å². The first-order valence-electron chi connectivity index (χ1n) is 5.32. The zero-order valence-corrected chi connectivity index (χ0v) is 8.26. The second-order valence-electron chi connectivity index (χ2n) is 3.76. The number of rotatable bonds is 7. The Morgan fingerprint density at radius 2 is 2.00 bits per heavy atom. The highest BCUT2D eigenvalue weighted by molar-refractivity contribution is 4.84. The van der Waals surface area contributed by atoms with Crippen LogP contribution >= 0.6 is 0 Å². The summed E-state index contributed by atoms with van der Waals surface area (Å²) in [4.78, 5) is 2.63.